The molecular weight excluding hydrogens is 282 g/mol. The Balaban J connectivity index is 1.86. The smallest absolute Gasteiger partial charge is 0.270 e. The topological polar surface area (TPSA) is 88.2 Å². The summed E-state index contributed by atoms with van der Waals surface area (Å²) in [6, 6.07) is 1.84. The van der Waals surface area contributed by atoms with Gasteiger partial charge in [0.05, 0.1) is 11.1 Å². The van der Waals surface area contributed by atoms with Crippen molar-refractivity contribution in [2.45, 2.75) is 12.5 Å². The molecule has 4 N–H and O–H groups in total. The van der Waals surface area contributed by atoms with E-state index in [9.17, 15) is 9.90 Å². The minimum absolute atomic E-state index is 0.180. The monoisotopic (exact) mass is 297 g/mol. The highest BCUT2D eigenvalue weighted by Crippen LogP contribution is 2.15. The van der Waals surface area contributed by atoms with Crippen LogP contribution in [-0.4, -0.2) is 29.1 Å². The number of nitrogens with one attached hydrogen (secondary N) is 1. The molecule has 0 fully saturated rings. The average Bonchev–Trinajstić information content (AvgIpc) is 3.06. The molecule has 5 nitrogen and oxygen atoms in total. The van der Waals surface area contributed by atoms with E-state index in [1.807, 2.05) is 16.8 Å². The van der Waals surface area contributed by atoms with Crippen molar-refractivity contribution < 1.29 is 9.90 Å². The Morgan fingerprint density at radius 3 is 3.05 bits per heavy atom. The van der Waals surface area contributed by atoms with Crippen LogP contribution in [0.3, 0.4) is 0 Å². The standard InChI is InChI=1S/C12H15N3O2S2/c13-3-1-11-15-9(7-19-11)12(17)14-5-10(16)8-2-4-18-6-8/h2,4,6-7,10,16H,1,3,5,13H2,(H,14,17). The zero-order chi connectivity index (χ0) is 13.7. The molecule has 2 aromatic rings. The van der Waals surface area contributed by atoms with Gasteiger partial charge in [-0.25, -0.2) is 4.98 Å². The summed E-state index contributed by atoms with van der Waals surface area (Å²) in [5, 5.41) is 18.8. The zero-order valence-electron chi connectivity index (χ0n) is 10.2. The maximum absolute atomic E-state index is 11.8. The maximum atomic E-state index is 11.8. The Hall–Kier alpha value is -1.28. The second kappa shape index (κ2) is 6.76. The van der Waals surface area contributed by atoms with Gasteiger partial charge in [-0.15, -0.1) is 11.3 Å². The first-order chi connectivity index (χ1) is 9.20. The molecule has 0 radical (unpaired) electrons. The third-order valence-electron chi connectivity index (χ3n) is 2.53. The van der Waals surface area contributed by atoms with Gasteiger partial charge in [0.15, 0.2) is 0 Å². The molecule has 1 amide bonds. The molecule has 0 aliphatic heterocycles. The van der Waals surface area contributed by atoms with Crippen molar-refractivity contribution in [3.05, 3.63) is 38.5 Å². The van der Waals surface area contributed by atoms with Crippen molar-refractivity contribution in [3.8, 4) is 0 Å². The van der Waals surface area contributed by atoms with Crippen LogP contribution in [0.25, 0.3) is 0 Å². The van der Waals surface area contributed by atoms with E-state index in [0.717, 1.165) is 10.6 Å². The SMILES string of the molecule is NCCc1nc(C(=O)NCC(O)c2ccsc2)cs1. The number of nitrogens with two attached hydrogens (primary N) is 1. The number of carbonyl (C=O) groups excluding carboxylic acids is 1. The molecule has 0 saturated carbocycles. The largest absolute Gasteiger partial charge is 0.387 e. The predicted octanol–water partition coefficient (Wildman–Crippen LogP) is 1.17. The lowest BCUT2D eigenvalue weighted by atomic mass is 10.2. The van der Waals surface area contributed by atoms with E-state index in [1.165, 1.54) is 22.7 Å². The number of rotatable bonds is 6. The van der Waals surface area contributed by atoms with Gasteiger partial charge < -0.3 is 16.2 Å². The number of hydrogen-bond acceptors (Lipinski definition) is 6. The fraction of sp³-hybridized carbons (Fsp3) is 0.333. The number of aromatic nitrogens is 1. The Morgan fingerprint density at radius 1 is 1.53 bits per heavy atom. The van der Waals surface area contributed by atoms with Gasteiger partial charge in [0, 0.05) is 18.3 Å². The van der Waals surface area contributed by atoms with Crippen LogP contribution < -0.4 is 11.1 Å². The Morgan fingerprint density at radius 2 is 2.37 bits per heavy atom. The Bertz CT molecular complexity index is 525. The molecule has 0 spiro atoms. The van der Waals surface area contributed by atoms with Gasteiger partial charge in [-0.2, -0.15) is 11.3 Å². The number of amides is 1. The Labute approximate surface area is 119 Å². The van der Waals surface area contributed by atoms with Gasteiger partial charge in [-0.05, 0) is 28.9 Å². The first-order valence-electron chi connectivity index (χ1n) is 5.83. The highest BCUT2D eigenvalue weighted by molar-refractivity contribution is 7.09. The molecule has 102 valence electrons. The molecule has 19 heavy (non-hydrogen) atoms. The summed E-state index contributed by atoms with van der Waals surface area (Å²) in [4.78, 5) is 16.0. The van der Waals surface area contributed by atoms with E-state index >= 15 is 0 Å². The van der Waals surface area contributed by atoms with E-state index in [2.05, 4.69) is 10.3 Å². The minimum Gasteiger partial charge on any atom is -0.387 e. The number of thiazole rings is 1. The molecule has 0 saturated heterocycles. The van der Waals surface area contributed by atoms with E-state index in [0.29, 0.717) is 18.7 Å². The van der Waals surface area contributed by atoms with Crippen LogP contribution in [0.1, 0.15) is 27.2 Å². The average molecular weight is 297 g/mol. The van der Waals surface area contributed by atoms with Gasteiger partial charge in [0.25, 0.3) is 5.91 Å². The maximum Gasteiger partial charge on any atom is 0.270 e. The van der Waals surface area contributed by atoms with Crippen LogP contribution in [0.4, 0.5) is 0 Å². The first-order valence-corrected chi connectivity index (χ1v) is 7.65. The van der Waals surface area contributed by atoms with E-state index < -0.39 is 6.10 Å². The number of aliphatic hydroxyl groups excluding tert-OH is 1. The molecule has 2 aromatic heterocycles. The second-order valence-corrected chi connectivity index (χ2v) is 5.67. The number of aliphatic hydroxyl groups is 1. The molecule has 2 rings (SSSR count). The van der Waals surface area contributed by atoms with Gasteiger partial charge in [0.2, 0.25) is 0 Å². The van der Waals surface area contributed by atoms with E-state index in [1.54, 1.807) is 5.38 Å². The molecule has 0 aliphatic rings. The van der Waals surface area contributed by atoms with Gasteiger partial charge in [-0.1, -0.05) is 0 Å². The molecule has 2 heterocycles. The zero-order valence-corrected chi connectivity index (χ0v) is 11.8. The van der Waals surface area contributed by atoms with Crippen LogP contribution in [0.5, 0.6) is 0 Å². The van der Waals surface area contributed by atoms with Crippen molar-refractivity contribution in [2.75, 3.05) is 13.1 Å². The summed E-state index contributed by atoms with van der Waals surface area (Å²) in [5.74, 6) is -0.270. The summed E-state index contributed by atoms with van der Waals surface area (Å²) >= 11 is 2.93. The number of carbonyl (C=O) groups is 1. The summed E-state index contributed by atoms with van der Waals surface area (Å²) in [7, 11) is 0. The normalized spacial score (nSPS) is 12.3. The molecule has 1 atom stereocenters. The molecule has 0 bridgehead atoms. The summed E-state index contributed by atoms with van der Waals surface area (Å²) in [6.07, 6.45) is -0.00694. The van der Waals surface area contributed by atoms with Crippen LogP contribution in [-0.2, 0) is 6.42 Å². The number of hydrogen-bond donors (Lipinski definition) is 3. The van der Waals surface area contributed by atoms with Crippen molar-refractivity contribution >= 4 is 28.6 Å². The molecule has 1 unspecified atom stereocenters. The highest BCUT2D eigenvalue weighted by atomic mass is 32.1. The first kappa shape index (κ1) is 14.1. The van der Waals surface area contributed by atoms with Crippen molar-refractivity contribution in [1.82, 2.24) is 10.3 Å². The Kier molecular flexibility index (Phi) is 5.03. The van der Waals surface area contributed by atoms with Gasteiger partial charge in [0.1, 0.15) is 5.69 Å². The lowest BCUT2D eigenvalue weighted by Crippen LogP contribution is -2.28. The van der Waals surface area contributed by atoms with E-state index in [-0.39, 0.29) is 12.5 Å². The quantitative estimate of drug-likeness (QED) is 0.747. The second-order valence-electron chi connectivity index (χ2n) is 3.95. The fourth-order valence-electron chi connectivity index (χ4n) is 1.52. The lowest BCUT2D eigenvalue weighted by Gasteiger charge is -2.09. The minimum atomic E-state index is -0.683. The van der Waals surface area contributed by atoms with E-state index in [4.69, 9.17) is 5.73 Å². The fourth-order valence-corrected chi connectivity index (χ4v) is 3.02. The molecule has 7 heteroatoms. The predicted molar refractivity (Wildman–Crippen MR) is 76.5 cm³/mol. The van der Waals surface area contributed by atoms with Crippen LogP contribution in [0.2, 0.25) is 0 Å². The summed E-state index contributed by atoms with van der Waals surface area (Å²) in [5.41, 5.74) is 6.63. The summed E-state index contributed by atoms with van der Waals surface area (Å²) in [6.45, 7) is 0.699. The lowest BCUT2D eigenvalue weighted by molar-refractivity contribution is 0.0912. The van der Waals surface area contributed by atoms with Gasteiger partial charge in [-0.3, -0.25) is 4.79 Å². The van der Waals surface area contributed by atoms with Crippen molar-refractivity contribution in [3.63, 3.8) is 0 Å². The molecular formula is C12H15N3O2S2. The summed E-state index contributed by atoms with van der Waals surface area (Å²) < 4.78 is 0. The van der Waals surface area contributed by atoms with Gasteiger partial charge >= 0.3 is 0 Å². The molecule has 0 aliphatic carbocycles. The third-order valence-corrected chi connectivity index (χ3v) is 4.14. The molecule has 0 aromatic carbocycles. The number of nitrogens with zero attached hydrogens (tertiary/aromatic N) is 1. The number of thiophene rings is 1. The van der Waals surface area contributed by atoms with Crippen LogP contribution >= 0.6 is 22.7 Å². The van der Waals surface area contributed by atoms with Crippen molar-refractivity contribution in [1.29, 1.82) is 0 Å². The van der Waals surface area contributed by atoms with Crippen molar-refractivity contribution in [2.24, 2.45) is 5.73 Å². The van der Waals surface area contributed by atoms with Crippen LogP contribution in [0.15, 0.2) is 22.2 Å². The highest BCUT2D eigenvalue weighted by Gasteiger charge is 2.13. The third kappa shape index (κ3) is 3.84. The van der Waals surface area contributed by atoms with Crippen LogP contribution in [0, 0.1) is 0 Å².